The molecule has 0 spiro atoms. The number of cyclic esters (lactones) is 1. The monoisotopic (exact) mass is 548 g/mol. The molecule has 8 nitrogen and oxygen atoms in total. The summed E-state index contributed by atoms with van der Waals surface area (Å²) in [4.78, 5) is 28.3. The Hall–Kier alpha value is -3.26. The number of carbonyl (C=O) groups excluding carboxylic acids is 2. The molecule has 2 aromatic carbocycles. The van der Waals surface area contributed by atoms with Crippen LogP contribution in [0.5, 0.6) is 0 Å². The van der Waals surface area contributed by atoms with E-state index >= 15 is 0 Å². The number of benzene rings is 2. The molecule has 0 aliphatic carbocycles. The van der Waals surface area contributed by atoms with Crippen LogP contribution in [0.2, 0.25) is 0 Å². The molecule has 2 unspecified atom stereocenters. The molecule has 2 saturated heterocycles. The summed E-state index contributed by atoms with van der Waals surface area (Å²) >= 11 is 0. The van der Waals surface area contributed by atoms with Gasteiger partial charge < -0.3 is 20.1 Å². The SMILES string of the molecule is CC1(C)OC(=O)N(C(=O)NCC(O)CN2CCC(C#N)(c3ccccc3)CC2)C1c1ccc(F)c(F)c1.Cl. The molecule has 2 fully saturated rings. The minimum atomic E-state index is -1.18. The highest BCUT2D eigenvalue weighted by atomic mass is 35.5. The molecule has 204 valence electrons. The highest BCUT2D eigenvalue weighted by Gasteiger charge is 2.51. The Bertz CT molecular complexity index is 1200. The summed E-state index contributed by atoms with van der Waals surface area (Å²) in [6.07, 6.45) is -0.603. The molecule has 2 aliphatic rings. The predicted octanol–water partition coefficient (Wildman–Crippen LogP) is 4.29. The number of hydrogen-bond donors (Lipinski definition) is 2. The number of aliphatic hydroxyl groups is 1. The molecule has 2 N–H and O–H groups in total. The second kappa shape index (κ2) is 11.6. The average molecular weight is 549 g/mol. The van der Waals surface area contributed by atoms with E-state index in [4.69, 9.17) is 4.74 Å². The number of nitriles is 1. The Morgan fingerprint density at radius 2 is 1.84 bits per heavy atom. The number of imide groups is 1. The lowest BCUT2D eigenvalue weighted by atomic mass is 9.74. The minimum absolute atomic E-state index is 0. The molecule has 2 aliphatic heterocycles. The van der Waals surface area contributed by atoms with Crippen molar-refractivity contribution in [1.82, 2.24) is 15.1 Å². The van der Waals surface area contributed by atoms with Crippen LogP contribution >= 0.6 is 12.4 Å². The number of amides is 3. The topological polar surface area (TPSA) is 106 Å². The summed E-state index contributed by atoms with van der Waals surface area (Å²) in [5.74, 6) is -2.14. The maximum Gasteiger partial charge on any atom is 0.419 e. The number of β-amino-alcohol motifs (C(OH)–C–C–N with tert-alkyl or cyclic N) is 1. The van der Waals surface area contributed by atoms with Gasteiger partial charge in [-0.05, 0) is 49.9 Å². The van der Waals surface area contributed by atoms with Gasteiger partial charge in [0.15, 0.2) is 11.6 Å². The van der Waals surface area contributed by atoms with Gasteiger partial charge in [0.2, 0.25) is 0 Å². The number of likely N-dealkylation sites (tertiary alicyclic amines) is 1. The number of urea groups is 1. The first kappa shape index (κ1) is 29.3. The van der Waals surface area contributed by atoms with Crippen molar-refractivity contribution in [3.05, 3.63) is 71.3 Å². The molecule has 11 heteroatoms. The molecule has 0 saturated carbocycles. The fourth-order valence-corrected chi connectivity index (χ4v) is 5.17. The van der Waals surface area contributed by atoms with Crippen LogP contribution in [0.15, 0.2) is 48.5 Å². The van der Waals surface area contributed by atoms with E-state index in [-0.39, 0.29) is 31.1 Å². The van der Waals surface area contributed by atoms with E-state index in [1.807, 2.05) is 35.2 Å². The molecule has 2 heterocycles. The van der Waals surface area contributed by atoms with E-state index in [0.717, 1.165) is 22.6 Å². The second-order valence-corrected chi connectivity index (χ2v) is 10.1. The number of aliphatic hydroxyl groups excluding tert-OH is 1. The first-order chi connectivity index (χ1) is 17.6. The maximum absolute atomic E-state index is 13.9. The Morgan fingerprint density at radius 3 is 2.45 bits per heavy atom. The third-order valence-corrected chi connectivity index (χ3v) is 7.15. The van der Waals surface area contributed by atoms with E-state index in [9.17, 15) is 28.7 Å². The Balaban J connectivity index is 0.00000400. The quantitative estimate of drug-likeness (QED) is 0.558. The fourth-order valence-electron chi connectivity index (χ4n) is 5.17. The molecule has 2 aromatic rings. The number of rotatable bonds is 6. The Labute approximate surface area is 226 Å². The van der Waals surface area contributed by atoms with Gasteiger partial charge in [-0.25, -0.2) is 23.3 Å². The van der Waals surface area contributed by atoms with Crippen LogP contribution in [0.1, 0.15) is 43.9 Å². The van der Waals surface area contributed by atoms with Crippen LogP contribution in [0.3, 0.4) is 0 Å². The van der Waals surface area contributed by atoms with Crippen molar-refractivity contribution in [1.29, 1.82) is 5.26 Å². The minimum Gasteiger partial charge on any atom is -0.440 e. The van der Waals surface area contributed by atoms with Gasteiger partial charge in [0.05, 0.1) is 17.6 Å². The zero-order chi connectivity index (χ0) is 26.8. The van der Waals surface area contributed by atoms with Crippen molar-refractivity contribution in [2.24, 2.45) is 0 Å². The van der Waals surface area contributed by atoms with Crippen molar-refractivity contribution in [3.8, 4) is 6.07 Å². The molecule has 4 rings (SSSR count). The van der Waals surface area contributed by atoms with E-state index in [1.54, 1.807) is 13.8 Å². The average Bonchev–Trinajstić information content (AvgIpc) is 3.13. The fraction of sp³-hybridized carbons (Fsp3) is 0.444. The molecule has 0 aromatic heterocycles. The molecular formula is C27H31ClF2N4O4. The summed E-state index contributed by atoms with van der Waals surface area (Å²) in [5, 5.41) is 23.0. The van der Waals surface area contributed by atoms with Crippen molar-refractivity contribution in [2.75, 3.05) is 26.2 Å². The van der Waals surface area contributed by atoms with Gasteiger partial charge in [0.1, 0.15) is 11.6 Å². The summed E-state index contributed by atoms with van der Waals surface area (Å²) < 4.78 is 32.7. The second-order valence-electron chi connectivity index (χ2n) is 10.1. The van der Waals surface area contributed by atoms with Crippen LogP contribution in [0.25, 0.3) is 0 Å². The van der Waals surface area contributed by atoms with Crippen LogP contribution in [0, 0.1) is 23.0 Å². The van der Waals surface area contributed by atoms with E-state index in [0.29, 0.717) is 25.9 Å². The zero-order valence-electron chi connectivity index (χ0n) is 21.2. The molecule has 0 bridgehead atoms. The number of ether oxygens (including phenoxy) is 1. The highest BCUT2D eigenvalue weighted by molar-refractivity contribution is 5.93. The van der Waals surface area contributed by atoms with Crippen LogP contribution < -0.4 is 5.32 Å². The first-order valence-electron chi connectivity index (χ1n) is 12.2. The van der Waals surface area contributed by atoms with Crippen molar-refractivity contribution in [3.63, 3.8) is 0 Å². The maximum atomic E-state index is 13.9. The van der Waals surface area contributed by atoms with E-state index < -0.39 is 46.9 Å². The molecule has 2 atom stereocenters. The van der Waals surface area contributed by atoms with Gasteiger partial charge in [-0.3, -0.25) is 0 Å². The van der Waals surface area contributed by atoms with Crippen LogP contribution in [-0.2, 0) is 10.2 Å². The van der Waals surface area contributed by atoms with Gasteiger partial charge in [0, 0.05) is 26.2 Å². The normalized spacial score (nSPS) is 21.1. The third kappa shape index (κ3) is 5.90. The smallest absolute Gasteiger partial charge is 0.419 e. The first-order valence-corrected chi connectivity index (χ1v) is 12.2. The number of nitrogens with zero attached hydrogens (tertiary/aromatic N) is 3. The Kier molecular flexibility index (Phi) is 8.97. The molecule has 0 radical (unpaired) electrons. The van der Waals surface area contributed by atoms with E-state index in [1.165, 1.54) is 6.07 Å². The number of nitrogens with one attached hydrogen (secondary N) is 1. The lowest BCUT2D eigenvalue weighted by molar-refractivity contribution is 0.0675. The Morgan fingerprint density at radius 1 is 1.18 bits per heavy atom. The number of hydrogen-bond acceptors (Lipinski definition) is 6. The number of carbonyl (C=O) groups is 2. The van der Waals surface area contributed by atoms with Crippen molar-refractivity contribution in [2.45, 2.75) is 49.9 Å². The summed E-state index contributed by atoms with van der Waals surface area (Å²) in [6, 6.07) is 13.5. The van der Waals surface area contributed by atoms with Crippen LogP contribution in [0.4, 0.5) is 18.4 Å². The van der Waals surface area contributed by atoms with Gasteiger partial charge in [0.25, 0.3) is 0 Å². The number of halogens is 3. The van der Waals surface area contributed by atoms with Crippen LogP contribution in [-0.4, -0.2) is 64.9 Å². The standard InChI is InChI=1S/C27H30F2N4O4.ClH/c1-26(2)23(18-8-9-21(28)22(29)14-18)33(25(36)37-26)24(35)31-15-20(34)16-32-12-10-27(17-30,11-13-32)19-6-4-3-5-7-19;/h3-9,14,20,23,34H,10-13,15-16H2,1-2H3,(H,31,35);1H. The summed E-state index contributed by atoms with van der Waals surface area (Å²) in [7, 11) is 0. The van der Waals surface area contributed by atoms with Gasteiger partial charge in [-0.15, -0.1) is 12.4 Å². The molecule has 3 amide bonds. The van der Waals surface area contributed by atoms with Gasteiger partial charge >= 0.3 is 12.1 Å². The van der Waals surface area contributed by atoms with Gasteiger partial charge in [-0.2, -0.15) is 5.26 Å². The summed E-state index contributed by atoms with van der Waals surface area (Å²) in [5.41, 5.74) is -0.551. The molecule has 38 heavy (non-hydrogen) atoms. The highest BCUT2D eigenvalue weighted by Crippen LogP contribution is 2.41. The predicted molar refractivity (Wildman–Crippen MR) is 138 cm³/mol. The van der Waals surface area contributed by atoms with Crippen molar-refractivity contribution < 1.29 is 28.2 Å². The lowest BCUT2D eigenvalue weighted by Crippen LogP contribution is -2.49. The zero-order valence-corrected chi connectivity index (χ0v) is 22.0. The van der Waals surface area contributed by atoms with Gasteiger partial charge in [-0.1, -0.05) is 36.4 Å². The van der Waals surface area contributed by atoms with E-state index in [2.05, 4.69) is 11.4 Å². The van der Waals surface area contributed by atoms with Crippen molar-refractivity contribution >= 4 is 24.5 Å². The number of piperidine rings is 1. The lowest BCUT2D eigenvalue weighted by Gasteiger charge is -2.38. The third-order valence-electron chi connectivity index (χ3n) is 7.15. The summed E-state index contributed by atoms with van der Waals surface area (Å²) in [6.45, 7) is 4.51. The molecular weight excluding hydrogens is 518 g/mol. The largest absolute Gasteiger partial charge is 0.440 e.